The average Bonchev–Trinajstić information content (AvgIpc) is 2.44. The van der Waals surface area contributed by atoms with E-state index in [-0.39, 0.29) is 12.0 Å². The number of carboxylic acids is 1. The van der Waals surface area contributed by atoms with Gasteiger partial charge in [-0.3, -0.25) is 4.79 Å². The number of aliphatic hydroxyl groups excluding tert-OH is 1. The number of nitrogens with zero attached hydrogens (tertiary/aromatic N) is 1. The Labute approximate surface area is 136 Å². The fourth-order valence-electron chi connectivity index (χ4n) is 3.37. The molecule has 0 fully saturated rings. The summed E-state index contributed by atoms with van der Waals surface area (Å²) in [5.74, 6) is -1.11. The number of aliphatic hydroxyl groups is 1. The summed E-state index contributed by atoms with van der Waals surface area (Å²) < 4.78 is 0.725. The molecule has 0 amide bonds. The van der Waals surface area contributed by atoms with Crippen molar-refractivity contribution >= 4 is 5.97 Å². The van der Waals surface area contributed by atoms with Crippen LogP contribution in [0, 0.1) is 5.92 Å². The summed E-state index contributed by atoms with van der Waals surface area (Å²) in [6.45, 7) is 12.9. The van der Waals surface area contributed by atoms with Gasteiger partial charge in [0.2, 0.25) is 0 Å². The molecule has 0 aliphatic heterocycles. The first-order valence-electron chi connectivity index (χ1n) is 8.77. The van der Waals surface area contributed by atoms with E-state index in [4.69, 9.17) is 0 Å². The van der Waals surface area contributed by atoms with E-state index in [9.17, 15) is 15.0 Å². The molecule has 0 bridgehead atoms. The Morgan fingerprint density at radius 2 is 1.77 bits per heavy atom. The molecule has 4 heteroatoms. The molecule has 0 saturated carbocycles. The third-order valence-corrected chi connectivity index (χ3v) is 4.27. The summed E-state index contributed by atoms with van der Waals surface area (Å²) in [7, 11) is 0. The topological polar surface area (TPSA) is 57.5 Å². The Bertz CT molecular complexity index is 311. The molecule has 0 saturated heterocycles. The molecule has 0 spiro atoms. The third kappa shape index (κ3) is 8.54. The lowest BCUT2D eigenvalue weighted by atomic mass is 10.0. The second kappa shape index (κ2) is 11.7. The standard InChI is InChI=1S/C18H35NO3/c1-5-8-9-10-11-17(20)15-19(12-6-2,13-7-3)14-16(4)18(21)22/h5,16-17,20H,1,6-15H2,2-4H3/p+1. The molecule has 0 aromatic heterocycles. The highest BCUT2D eigenvalue weighted by atomic mass is 16.4. The van der Waals surface area contributed by atoms with Crippen molar-refractivity contribution in [1.29, 1.82) is 0 Å². The van der Waals surface area contributed by atoms with Crippen LogP contribution in [0.5, 0.6) is 0 Å². The largest absolute Gasteiger partial charge is 0.481 e. The summed E-state index contributed by atoms with van der Waals surface area (Å²) in [5, 5.41) is 19.6. The molecule has 0 aromatic carbocycles. The monoisotopic (exact) mass is 314 g/mol. The lowest BCUT2D eigenvalue weighted by molar-refractivity contribution is -0.933. The molecule has 4 nitrogen and oxygen atoms in total. The minimum Gasteiger partial charge on any atom is -0.481 e. The lowest BCUT2D eigenvalue weighted by Gasteiger charge is -2.41. The van der Waals surface area contributed by atoms with E-state index in [1.165, 1.54) is 0 Å². The van der Waals surface area contributed by atoms with E-state index >= 15 is 0 Å². The van der Waals surface area contributed by atoms with Gasteiger partial charge in [-0.15, -0.1) is 6.58 Å². The Morgan fingerprint density at radius 3 is 2.23 bits per heavy atom. The first-order valence-corrected chi connectivity index (χ1v) is 8.77. The zero-order valence-corrected chi connectivity index (χ0v) is 14.8. The van der Waals surface area contributed by atoms with E-state index in [1.54, 1.807) is 6.92 Å². The number of hydrogen-bond acceptors (Lipinski definition) is 2. The van der Waals surface area contributed by atoms with Crippen molar-refractivity contribution in [2.24, 2.45) is 5.92 Å². The molecular weight excluding hydrogens is 278 g/mol. The van der Waals surface area contributed by atoms with Gasteiger partial charge in [-0.05, 0) is 39.0 Å². The number of carbonyl (C=O) groups is 1. The van der Waals surface area contributed by atoms with Crippen molar-refractivity contribution in [2.75, 3.05) is 26.2 Å². The summed E-state index contributed by atoms with van der Waals surface area (Å²) in [6.07, 6.45) is 7.44. The quantitative estimate of drug-likeness (QED) is 0.293. The normalized spacial score (nSPS) is 14.5. The van der Waals surface area contributed by atoms with E-state index in [2.05, 4.69) is 20.4 Å². The maximum atomic E-state index is 11.2. The average molecular weight is 314 g/mol. The number of hydrogen-bond donors (Lipinski definition) is 2. The van der Waals surface area contributed by atoms with Crippen LogP contribution in [0.4, 0.5) is 0 Å². The highest BCUT2D eigenvalue weighted by Gasteiger charge is 2.32. The molecule has 2 unspecified atom stereocenters. The van der Waals surface area contributed by atoms with Gasteiger partial charge in [0.15, 0.2) is 0 Å². The number of carboxylic acid groups (broad SMARTS) is 1. The second-order valence-electron chi connectivity index (χ2n) is 6.62. The molecule has 2 N–H and O–H groups in total. The van der Waals surface area contributed by atoms with Crippen LogP contribution in [0.25, 0.3) is 0 Å². The maximum Gasteiger partial charge on any atom is 0.311 e. The molecule has 0 aliphatic rings. The first-order chi connectivity index (χ1) is 10.4. The molecule has 0 radical (unpaired) electrons. The van der Waals surface area contributed by atoms with Crippen molar-refractivity contribution in [3.8, 4) is 0 Å². The van der Waals surface area contributed by atoms with Gasteiger partial charge in [0.25, 0.3) is 0 Å². The van der Waals surface area contributed by atoms with Gasteiger partial charge < -0.3 is 14.7 Å². The van der Waals surface area contributed by atoms with Crippen LogP contribution in [-0.2, 0) is 4.79 Å². The number of unbranched alkanes of at least 4 members (excludes halogenated alkanes) is 2. The Morgan fingerprint density at radius 1 is 1.18 bits per heavy atom. The SMILES string of the molecule is C=CCCCCC(O)C[N+](CCC)(CCC)CC(C)C(=O)O. The fourth-order valence-corrected chi connectivity index (χ4v) is 3.37. The minimum atomic E-state index is -0.741. The zero-order chi connectivity index (χ0) is 17.0. The van der Waals surface area contributed by atoms with Gasteiger partial charge in [-0.1, -0.05) is 26.3 Å². The van der Waals surface area contributed by atoms with Crippen molar-refractivity contribution in [3.63, 3.8) is 0 Å². The fraction of sp³-hybridized carbons (Fsp3) is 0.833. The maximum absolute atomic E-state index is 11.2. The van der Waals surface area contributed by atoms with Crippen molar-refractivity contribution in [1.82, 2.24) is 0 Å². The van der Waals surface area contributed by atoms with Crippen LogP contribution in [0.3, 0.4) is 0 Å². The van der Waals surface area contributed by atoms with Crippen molar-refractivity contribution < 1.29 is 19.5 Å². The van der Waals surface area contributed by atoms with Gasteiger partial charge in [0.05, 0.1) is 19.6 Å². The van der Waals surface area contributed by atoms with Gasteiger partial charge in [-0.2, -0.15) is 0 Å². The van der Waals surface area contributed by atoms with E-state index in [0.717, 1.165) is 56.1 Å². The molecule has 0 rings (SSSR count). The van der Waals surface area contributed by atoms with Crippen molar-refractivity contribution in [2.45, 2.75) is 65.4 Å². The summed E-state index contributed by atoms with van der Waals surface area (Å²) in [6, 6.07) is 0. The number of quaternary nitrogens is 1. The van der Waals surface area contributed by atoms with Crippen LogP contribution in [0.15, 0.2) is 12.7 Å². The predicted molar refractivity (Wildman–Crippen MR) is 91.8 cm³/mol. The molecular formula is C18H36NO3+. The third-order valence-electron chi connectivity index (χ3n) is 4.27. The molecule has 2 atom stereocenters. The van der Waals surface area contributed by atoms with Crippen LogP contribution in [-0.4, -0.2) is 52.9 Å². The summed E-state index contributed by atoms with van der Waals surface area (Å²) in [4.78, 5) is 11.2. The van der Waals surface area contributed by atoms with E-state index in [0.29, 0.717) is 13.1 Å². The molecule has 130 valence electrons. The minimum absolute atomic E-state index is 0.344. The number of allylic oxidation sites excluding steroid dienone is 1. The predicted octanol–water partition coefficient (Wildman–Crippen LogP) is 3.45. The molecule has 22 heavy (non-hydrogen) atoms. The smallest absolute Gasteiger partial charge is 0.311 e. The van der Waals surface area contributed by atoms with Gasteiger partial charge in [0.1, 0.15) is 18.6 Å². The highest BCUT2D eigenvalue weighted by Crippen LogP contribution is 2.18. The lowest BCUT2D eigenvalue weighted by Crippen LogP contribution is -2.56. The molecule has 0 heterocycles. The second-order valence-corrected chi connectivity index (χ2v) is 6.62. The molecule has 0 aromatic rings. The van der Waals surface area contributed by atoms with Gasteiger partial charge >= 0.3 is 5.97 Å². The van der Waals surface area contributed by atoms with E-state index < -0.39 is 5.97 Å². The number of aliphatic carboxylic acids is 1. The van der Waals surface area contributed by atoms with Crippen LogP contribution in [0.1, 0.15) is 59.3 Å². The summed E-state index contributed by atoms with van der Waals surface area (Å²) in [5.41, 5.74) is 0. The van der Waals surface area contributed by atoms with Crippen LogP contribution >= 0.6 is 0 Å². The molecule has 0 aliphatic carbocycles. The first kappa shape index (κ1) is 21.1. The zero-order valence-electron chi connectivity index (χ0n) is 14.8. The number of rotatable bonds is 14. The van der Waals surface area contributed by atoms with Gasteiger partial charge in [-0.25, -0.2) is 0 Å². The summed E-state index contributed by atoms with van der Waals surface area (Å²) >= 11 is 0. The van der Waals surface area contributed by atoms with Crippen LogP contribution < -0.4 is 0 Å². The van der Waals surface area contributed by atoms with Crippen molar-refractivity contribution in [3.05, 3.63) is 12.7 Å². The Balaban J connectivity index is 4.73. The Hall–Kier alpha value is -0.870. The Kier molecular flexibility index (Phi) is 11.2. The van der Waals surface area contributed by atoms with Crippen LogP contribution in [0.2, 0.25) is 0 Å². The van der Waals surface area contributed by atoms with Gasteiger partial charge in [0, 0.05) is 0 Å². The highest BCUT2D eigenvalue weighted by molar-refractivity contribution is 5.69. The van der Waals surface area contributed by atoms with E-state index in [1.807, 2.05) is 6.08 Å².